The highest BCUT2D eigenvalue weighted by Gasteiger charge is 2.34. The summed E-state index contributed by atoms with van der Waals surface area (Å²) in [6.07, 6.45) is 0.802. The molecule has 1 aromatic carbocycles. The molecule has 0 atom stereocenters. The normalized spacial score (nSPS) is 17.1. The van der Waals surface area contributed by atoms with Gasteiger partial charge in [-0.15, -0.1) is 0 Å². The van der Waals surface area contributed by atoms with E-state index in [4.69, 9.17) is 4.52 Å². The first kappa shape index (κ1) is 19.3. The Balaban J connectivity index is 1.21. The quantitative estimate of drug-likeness (QED) is 0.691. The van der Waals surface area contributed by atoms with E-state index in [9.17, 15) is 14.4 Å². The average molecular weight is 396 g/mol. The number of aryl methyl sites for hydroxylation is 1. The standard InChI is InChI=1S/C21H24N4O4/c1-15-13-16(29-22-15)14-23-9-11-24(12-10-23)19(26)7-4-8-25-20(27)17-5-2-3-6-18(17)21(25)28/h2-3,5-6,13H,4,7-12,14H2,1H3. The molecule has 0 bridgehead atoms. The van der Waals surface area contributed by atoms with Crippen LogP contribution in [-0.2, 0) is 11.3 Å². The van der Waals surface area contributed by atoms with Crippen molar-refractivity contribution in [3.05, 3.63) is 52.9 Å². The number of piperazine rings is 1. The number of rotatable bonds is 6. The first-order chi connectivity index (χ1) is 14.0. The van der Waals surface area contributed by atoms with E-state index in [-0.39, 0.29) is 24.3 Å². The minimum absolute atomic E-state index is 0.0665. The van der Waals surface area contributed by atoms with Crippen LogP contribution in [0.3, 0.4) is 0 Å². The van der Waals surface area contributed by atoms with E-state index in [0.29, 0.717) is 43.6 Å². The van der Waals surface area contributed by atoms with Gasteiger partial charge in [0, 0.05) is 45.2 Å². The fourth-order valence-corrected chi connectivity index (χ4v) is 3.86. The molecule has 1 saturated heterocycles. The van der Waals surface area contributed by atoms with Gasteiger partial charge in [-0.25, -0.2) is 0 Å². The molecule has 2 aromatic rings. The largest absolute Gasteiger partial charge is 0.360 e. The number of aromatic nitrogens is 1. The predicted octanol–water partition coefficient (Wildman–Crippen LogP) is 1.70. The van der Waals surface area contributed by atoms with E-state index in [1.807, 2.05) is 17.9 Å². The van der Waals surface area contributed by atoms with Crippen molar-refractivity contribution >= 4 is 17.7 Å². The van der Waals surface area contributed by atoms with E-state index in [0.717, 1.165) is 24.5 Å². The number of imide groups is 1. The van der Waals surface area contributed by atoms with Crippen LogP contribution >= 0.6 is 0 Å². The molecular weight excluding hydrogens is 372 g/mol. The van der Waals surface area contributed by atoms with Crippen LogP contribution in [0.15, 0.2) is 34.9 Å². The lowest BCUT2D eigenvalue weighted by molar-refractivity contribution is -0.133. The van der Waals surface area contributed by atoms with Crippen LogP contribution in [-0.4, -0.2) is 70.3 Å². The number of benzene rings is 1. The van der Waals surface area contributed by atoms with Crippen LogP contribution in [0.4, 0.5) is 0 Å². The Bertz CT molecular complexity index is 895. The van der Waals surface area contributed by atoms with Gasteiger partial charge in [-0.1, -0.05) is 17.3 Å². The summed E-state index contributed by atoms with van der Waals surface area (Å²) in [5, 5.41) is 3.90. The van der Waals surface area contributed by atoms with Crippen molar-refractivity contribution in [3.63, 3.8) is 0 Å². The summed E-state index contributed by atoms with van der Waals surface area (Å²) in [4.78, 5) is 42.6. The number of hydrogen-bond acceptors (Lipinski definition) is 6. The van der Waals surface area contributed by atoms with E-state index >= 15 is 0 Å². The second-order valence-corrected chi connectivity index (χ2v) is 7.50. The Morgan fingerprint density at radius 2 is 1.72 bits per heavy atom. The van der Waals surface area contributed by atoms with E-state index < -0.39 is 0 Å². The summed E-state index contributed by atoms with van der Waals surface area (Å²) in [5.74, 6) is 0.364. The molecule has 1 aromatic heterocycles. The first-order valence-corrected chi connectivity index (χ1v) is 9.90. The lowest BCUT2D eigenvalue weighted by atomic mass is 10.1. The summed E-state index contributed by atoms with van der Waals surface area (Å²) >= 11 is 0. The Morgan fingerprint density at radius 3 is 2.31 bits per heavy atom. The van der Waals surface area contributed by atoms with E-state index in [1.165, 1.54) is 4.90 Å². The summed E-state index contributed by atoms with van der Waals surface area (Å²) < 4.78 is 5.25. The number of hydrogen-bond donors (Lipinski definition) is 0. The maximum atomic E-state index is 12.5. The minimum atomic E-state index is -0.269. The molecule has 8 nitrogen and oxygen atoms in total. The molecular formula is C21H24N4O4. The second-order valence-electron chi connectivity index (χ2n) is 7.50. The third-order valence-corrected chi connectivity index (χ3v) is 5.43. The molecule has 0 saturated carbocycles. The lowest BCUT2D eigenvalue weighted by Crippen LogP contribution is -2.48. The van der Waals surface area contributed by atoms with Crippen molar-refractivity contribution in [2.24, 2.45) is 0 Å². The molecule has 0 N–H and O–H groups in total. The number of fused-ring (bicyclic) bond motifs is 1. The zero-order valence-electron chi connectivity index (χ0n) is 16.5. The maximum Gasteiger partial charge on any atom is 0.261 e. The zero-order chi connectivity index (χ0) is 20.4. The van der Waals surface area contributed by atoms with Crippen molar-refractivity contribution in [1.82, 2.24) is 19.9 Å². The highest BCUT2D eigenvalue weighted by molar-refractivity contribution is 6.21. The molecule has 1 fully saturated rings. The Labute approximate surface area is 169 Å². The fraction of sp³-hybridized carbons (Fsp3) is 0.429. The van der Waals surface area contributed by atoms with Gasteiger partial charge in [0.05, 0.1) is 23.4 Å². The van der Waals surface area contributed by atoms with Crippen LogP contribution in [0.5, 0.6) is 0 Å². The summed E-state index contributed by atoms with van der Waals surface area (Å²) in [5.41, 5.74) is 1.76. The fourth-order valence-electron chi connectivity index (χ4n) is 3.86. The summed E-state index contributed by atoms with van der Waals surface area (Å²) in [7, 11) is 0. The van der Waals surface area contributed by atoms with Crippen molar-refractivity contribution in [1.29, 1.82) is 0 Å². The smallest absolute Gasteiger partial charge is 0.261 e. The van der Waals surface area contributed by atoms with Crippen molar-refractivity contribution in [2.45, 2.75) is 26.3 Å². The highest BCUT2D eigenvalue weighted by Crippen LogP contribution is 2.22. The molecule has 0 spiro atoms. The molecule has 3 amide bonds. The lowest BCUT2D eigenvalue weighted by Gasteiger charge is -2.34. The molecule has 29 heavy (non-hydrogen) atoms. The highest BCUT2D eigenvalue weighted by atomic mass is 16.5. The average Bonchev–Trinajstić information content (AvgIpc) is 3.24. The van der Waals surface area contributed by atoms with Gasteiger partial charge < -0.3 is 9.42 Å². The number of nitrogens with zero attached hydrogens (tertiary/aromatic N) is 4. The monoisotopic (exact) mass is 396 g/mol. The summed E-state index contributed by atoms with van der Waals surface area (Å²) in [6, 6.07) is 8.76. The number of carbonyl (C=O) groups excluding carboxylic acids is 3. The van der Waals surface area contributed by atoms with Gasteiger partial charge >= 0.3 is 0 Å². The van der Waals surface area contributed by atoms with Gasteiger partial charge in [0.1, 0.15) is 0 Å². The van der Waals surface area contributed by atoms with Crippen LogP contribution in [0, 0.1) is 6.92 Å². The molecule has 0 aliphatic carbocycles. The van der Waals surface area contributed by atoms with Gasteiger partial charge in [0.2, 0.25) is 5.91 Å². The topological polar surface area (TPSA) is 87.0 Å². The van der Waals surface area contributed by atoms with E-state index in [1.54, 1.807) is 24.3 Å². The van der Waals surface area contributed by atoms with Crippen molar-refractivity contribution in [2.75, 3.05) is 32.7 Å². The van der Waals surface area contributed by atoms with Gasteiger partial charge in [-0.05, 0) is 25.5 Å². The van der Waals surface area contributed by atoms with Crippen LogP contribution in [0.25, 0.3) is 0 Å². The van der Waals surface area contributed by atoms with E-state index in [2.05, 4.69) is 10.1 Å². The Hall–Kier alpha value is -3.00. The van der Waals surface area contributed by atoms with Crippen LogP contribution in [0.2, 0.25) is 0 Å². The maximum absolute atomic E-state index is 12.5. The van der Waals surface area contributed by atoms with Crippen LogP contribution < -0.4 is 0 Å². The van der Waals surface area contributed by atoms with Crippen molar-refractivity contribution < 1.29 is 18.9 Å². The Kier molecular flexibility index (Phi) is 5.44. The molecule has 4 rings (SSSR count). The van der Waals surface area contributed by atoms with Gasteiger partial charge in [-0.3, -0.25) is 24.2 Å². The Morgan fingerprint density at radius 1 is 1.07 bits per heavy atom. The third kappa shape index (κ3) is 4.07. The first-order valence-electron chi connectivity index (χ1n) is 9.90. The minimum Gasteiger partial charge on any atom is -0.360 e. The zero-order valence-corrected chi connectivity index (χ0v) is 16.5. The second kappa shape index (κ2) is 8.16. The molecule has 3 heterocycles. The summed E-state index contributed by atoms with van der Waals surface area (Å²) in [6.45, 7) is 5.75. The molecule has 152 valence electrons. The van der Waals surface area contributed by atoms with Gasteiger partial charge in [0.25, 0.3) is 11.8 Å². The third-order valence-electron chi connectivity index (χ3n) is 5.43. The predicted molar refractivity (Wildman–Crippen MR) is 104 cm³/mol. The molecule has 0 radical (unpaired) electrons. The van der Waals surface area contributed by atoms with Crippen LogP contribution in [0.1, 0.15) is 45.0 Å². The molecule has 2 aliphatic rings. The van der Waals surface area contributed by atoms with Gasteiger partial charge in [-0.2, -0.15) is 0 Å². The van der Waals surface area contributed by atoms with Crippen molar-refractivity contribution in [3.8, 4) is 0 Å². The van der Waals surface area contributed by atoms with Gasteiger partial charge in [0.15, 0.2) is 5.76 Å². The number of amides is 3. The SMILES string of the molecule is Cc1cc(CN2CCN(C(=O)CCCN3C(=O)c4ccccc4C3=O)CC2)on1. The molecule has 8 heteroatoms. The molecule has 0 unspecified atom stereocenters. The number of carbonyl (C=O) groups is 3. The molecule has 2 aliphatic heterocycles.